The van der Waals surface area contributed by atoms with Gasteiger partial charge in [-0.25, -0.2) is 0 Å². The highest BCUT2D eigenvalue weighted by Crippen LogP contribution is 2.22. The lowest BCUT2D eigenvalue weighted by Crippen LogP contribution is -2.91. The molecule has 28 heavy (non-hydrogen) atoms. The van der Waals surface area contributed by atoms with E-state index in [2.05, 4.69) is 22.5 Å². The minimum Gasteiger partial charge on any atom is -0.496 e. The molecule has 0 bridgehead atoms. The number of carbonyl (C=O) groups excluding carboxylic acids is 1. The predicted molar refractivity (Wildman–Crippen MR) is 111 cm³/mol. The molecule has 2 aromatic carbocycles. The molecule has 6 nitrogen and oxygen atoms in total. The van der Waals surface area contributed by atoms with Crippen molar-refractivity contribution >= 4 is 17.3 Å². The zero-order valence-corrected chi connectivity index (χ0v) is 16.9. The van der Waals surface area contributed by atoms with Gasteiger partial charge in [-0.2, -0.15) is 0 Å². The van der Waals surface area contributed by atoms with Crippen molar-refractivity contribution < 1.29 is 19.6 Å². The molecule has 150 valence electrons. The zero-order valence-electron chi connectivity index (χ0n) is 16.9. The van der Waals surface area contributed by atoms with E-state index in [0.29, 0.717) is 0 Å². The minimum absolute atomic E-state index is 0.0131. The van der Waals surface area contributed by atoms with Crippen LogP contribution in [0, 0.1) is 0 Å². The van der Waals surface area contributed by atoms with Crippen LogP contribution in [0.15, 0.2) is 48.5 Å². The first-order valence-corrected chi connectivity index (χ1v) is 9.80. The number of hydrogen-bond acceptors (Lipinski definition) is 4. The molecule has 1 heterocycles. The molecular formula is C22H30N3O3+. The fourth-order valence-electron chi connectivity index (χ4n) is 3.50. The van der Waals surface area contributed by atoms with Crippen molar-refractivity contribution in [3.05, 3.63) is 54.1 Å². The Kier molecular flexibility index (Phi) is 6.90. The summed E-state index contributed by atoms with van der Waals surface area (Å²) in [5.41, 5.74) is 3.05. The van der Waals surface area contributed by atoms with E-state index in [1.165, 1.54) is 0 Å². The number of ether oxygens (including phenoxy) is 2. The number of nitrogens with zero attached hydrogens (tertiary/aromatic N) is 1. The third-order valence-electron chi connectivity index (χ3n) is 5.13. The van der Waals surface area contributed by atoms with Crippen molar-refractivity contribution in [2.24, 2.45) is 0 Å². The second-order valence-corrected chi connectivity index (χ2v) is 7.15. The Bertz CT molecular complexity index is 773. The molecule has 2 atom stereocenters. The zero-order chi connectivity index (χ0) is 19.9. The molecule has 3 N–H and O–H groups in total. The Morgan fingerprint density at radius 3 is 2.46 bits per heavy atom. The number of nitrogens with two attached hydrogens (primary N) is 1. The fraction of sp³-hybridized carbons (Fsp3) is 0.409. The number of para-hydroxylation sites is 1. The normalized spacial score (nSPS) is 16.3. The third-order valence-corrected chi connectivity index (χ3v) is 5.13. The number of rotatable bonds is 7. The van der Waals surface area contributed by atoms with E-state index < -0.39 is 0 Å². The highest BCUT2D eigenvalue weighted by atomic mass is 16.5. The van der Waals surface area contributed by atoms with Gasteiger partial charge in [0, 0.05) is 24.5 Å². The van der Waals surface area contributed by atoms with Crippen LogP contribution < -0.4 is 20.3 Å². The third kappa shape index (κ3) is 5.03. The van der Waals surface area contributed by atoms with Crippen LogP contribution in [0.4, 0.5) is 11.4 Å². The minimum atomic E-state index is -0.223. The lowest BCUT2D eigenvalue weighted by Gasteiger charge is -2.29. The van der Waals surface area contributed by atoms with Gasteiger partial charge in [0.2, 0.25) is 0 Å². The first-order chi connectivity index (χ1) is 13.6. The molecular weight excluding hydrogens is 354 g/mol. The summed E-state index contributed by atoms with van der Waals surface area (Å²) in [5, 5.41) is 5.06. The Hall–Kier alpha value is -2.57. The number of amides is 1. The van der Waals surface area contributed by atoms with Crippen LogP contribution in [-0.2, 0) is 9.53 Å². The quantitative estimate of drug-likeness (QED) is 0.768. The van der Waals surface area contributed by atoms with Crippen LogP contribution in [-0.4, -0.2) is 45.4 Å². The average Bonchev–Trinajstić information content (AvgIpc) is 2.74. The molecule has 0 aromatic heterocycles. The van der Waals surface area contributed by atoms with E-state index in [9.17, 15) is 4.79 Å². The number of quaternary nitrogens is 1. The Morgan fingerprint density at radius 2 is 1.79 bits per heavy atom. The molecule has 1 saturated heterocycles. The number of benzene rings is 2. The van der Waals surface area contributed by atoms with Crippen LogP contribution in [0.2, 0.25) is 0 Å². The summed E-state index contributed by atoms with van der Waals surface area (Å²) in [6.45, 7) is 7.33. The molecule has 1 aliphatic heterocycles. The predicted octanol–water partition coefficient (Wildman–Crippen LogP) is 2.18. The summed E-state index contributed by atoms with van der Waals surface area (Å²) in [4.78, 5) is 14.9. The van der Waals surface area contributed by atoms with E-state index in [4.69, 9.17) is 9.47 Å². The fourth-order valence-corrected chi connectivity index (χ4v) is 3.50. The van der Waals surface area contributed by atoms with Crippen LogP contribution in [0.25, 0.3) is 0 Å². The van der Waals surface area contributed by atoms with Gasteiger partial charge in [0.1, 0.15) is 11.8 Å². The van der Waals surface area contributed by atoms with Crippen molar-refractivity contribution in [3.8, 4) is 5.75 Å². The summed E-state index contributed by atoms with van der Waals surface area (Å²) in [6.07, 6.45) is 0. The SMILES string of the molecule is COc1ccccc1[C@@H](C)[NH2+][C@@H](C)C(=O)Nc1ccc(N2CCOCC2)cc1. The lowest BCUT2D eigenvalue weighted by atomic mass is 10.1. The summed E-state index contributed by atoms with van der Waals surface area (Å²) >= 11 is 0. The van der Waals surface area contributed by atoms with Crippen molar-refractivity contribution in [2.45, 2.75) is 25.9 Å². The summed E-state index contributed by atoms with van der Waals surface area (Å²) in [5.74, 6) is 0.832. The van der Waals surface area contributed by atoms with Gasteiger partial charge in [0.05, 0.1) is 25.9 Å². The molecule has 2 aromatic rings. The Balaban J connectivity index is 1.56. The molecule has 0 spiro atoms. The molecule has 0 unspecified atom stereocenters. The largest absolute Gasteiger partial charge is 0.496 e. The highest BCUT2D eigenvalue weighted by molar-refractivity contribution is 5.93. The number of nitrogens with one attached hydrogen (secondary N) is 1. The van der Waals surface area contributed by atoms with Gasteiger partial charge in [-0.05, 0) is 50.2 Å². The van der Waals surface area contributed by atoms with Gasteiger partial charge >= 0.3 is 0 Å². The lowest BCUT2D eigenvalue weighted by molar-refractivity contribution is -0.709. The number of anilines is 2. The van der Waals surface area contributed by atoms with E-state index >= 15 is 0 Å². The van der Waals surface area contributed by atoms with E-state index in [1.54, 1.807) is 7.11 Å². The molecule has 0 saturated carbocycles. The maximum atomic E-state index is 12.6. The number of carbonyl (C=O) groups is 1. The Morgan fingerprint density at radius 1 is 1.11 bits per heavy atom. The van der Waals surface area contributed by atoms with Crippen molar-refractivity contribution in [2.75, 3.05) is 43.6 Å². The molecule has 3 rings (SSSR count). The first-order valence-electron chi connectivity index (χ1n) is 9.80. The molecule has 0 aliphatic carbocycles. The smallest absolute Gasteiger partial charge is 0.282 e. The van der Waals surface area contributed by atoms with Crippen LogP contribution in [0.5, 0.6) is 5.75 Å². The van der Waals surface area contributed by atoms with Gasteiger partial charge in [0.15, 0.2) is 6.04 Å². The van der Waals surface area contributed by atoms with Crippen LogP contribution in [0.3, 0.4) is 0 Å². The van der Waals surface area contributed by atoms with Crippen LogP contribution in [0.1, 0.15) is 25.5 Å². The monoisotopic (exact) mass is 384 g/mol. The van der Waals surface area contributed by atoms with Crippen molar-refractivity contribution in [3.63, 3.8) is 0 Å². The molecule has 1 amide bonds. The highest BCUT2D eigenvalue weighted by Gasteiger charge is 2.22. The summed E-state index contributed by atoms with van der Waals surface area (Å²) in [6, 6.07) is 15.8. The van der Waals surface area contributed by atoms with E-state index in [0.717, 1.165) is 49.0 Å². The number of hydrogen-bond donors (Lipinski definition) is 2. The van der Waals surface area contributed by atoms with Gasteiger partial charge in [-0.1, -0.05) is 12.1 Å². The van der Waals surface area contributed by atoms with Crippen molar-refractivity contribution in [1.29, 1.82) is 0 Å². The first kappa shape index (κ1) is 20.2. The Labute approximate surface area is 166 Å². The second-order valence-electron chi connectivity index (χ2n) is 7.15. The van der Waals surface area contributed by atoms with Gasteiger partial charge in [0.25, 0.3) is 5.91 Å². The van der Waals surface area contributed by atoms with Gasteiger partial charge < -0.3 is 25.0 Å². The standard InChI is InChI=1S/C22H29N3O3/c1-16(20-6-4-5-7-21(20)27-3)23-17(2)22(26)24-18-8-10-19(11-9-18)25-12-14-28-15-13-25/h4-11,16-17,23H,12-15H2,1-3H3,(H,24,26)/p+1/t16-,17+/m1/s1. The number of methoxy groups -OCH3 is 1. The molecule has 1 fully saturated rings. The maximum absolute atomic E-state index is 12.6. The molecule has 0 radical (unpaired) electrons. The molecule has 6 heteroatoms. The topological polar surface area (TPSA) is 67.4 Å². The van der Waals surface area contributed by atoms with Crippen LogP contribution >= 0.6 is 0 Å². The van der Waals surface area contributed by atoms with E-state index in [-0.39, 0.29) is 18.0 Å². The maximum Gasteiger partial charge on any atom is 0.282 e. The van der Waals surface area contributed by atoms with E-state index in [1.807, 2.05) is 55.5 Å². The molecule has 1 aliphatic rings. The number of morpholine rings is 1. The van der Waals surface area contributed by atoms with Gasteiger partial charge in [-0.3, -0.25) is 4.79 Å². The van der Waals surface area contributed by atoms with Gasteiger partial charge in [-0.15, -0.1) is 0 Å². The average molecular weight is 385 g/mol. The summed E-state index contributed by atoms with van der Waals surface area (Å²) < 4.78 is 10.8. The summed E-state index contributed by atoms with van der Waals surface area (Å²) in [7, 11) is 1.67. The second kappa shape index (κ2) is 9.57. The van der Waals surface area contributed by atoms with Crippen molar-refractivity contribution in [1.82, 2.24) is 0 Å².